The van der Waals surface area contributed by atoms with Crippen molar-refractivity contribution in [2.75, 3.05) is 18.4 Å². The molecule has 0 unspecified atom stereocenters. The van der Waals surface area contributed by atoms with Gasteiger partial charge in [-0.1, -0.05) is 18.0 Å². The quantitative estimate of drug-likeness (QED) is 0.890. The molecule has 0 spiro atoms. The highest BCUT2D eigenvalue weighted by molar-refractivity contribution is 6.30. The zero-order valence-electron chi connectivity index (χ0n) is 12.7. The molecule has 1 heterocycles. The number of halogens is 1. The molecule has 1 aromatic carbocycles. The Morgan fingerprint density at radius 1 is 1.24 bits per heavy atom. The molecule has 21 heavy (non-hydrogen) atoms. The topological polar surface area (TPSA) is 44.4 Å². The number of hydrogen-bond donors (Lipinski definition) is 2. The summed E-state index contributed by atoms with van der Waals surface area (Å²) in [6.07, 6.45) is 3.81. The lowest BCUT2D eigenvalue weighted by atomic mass is 9.98. The van der Waals surface area contributed by atoms with E-state index in [-0.39, 0.29) is 6.03 Å². The standard InChI is InChI=1S/C16H24ClN3O/c1-12-4-3-5-13(2)20(12)11-10-18-16(21)19-15-8-6-14(17)7-9-15/h6-9,12-13H,3-5,10-11H2,1-2H3,(H2,18,19,21)/t12-,13-/m0/s1. The number of urea groups is 1. The predicted octanol–water partition coefficient (Wildman–Crippen LogP) is 3.72. The first-order valence-corrected chi connectivity index (χ1v) is 8.00. The van der Waals surface area contributed by atoms with E-state index in [1.165, 1.54) is 19.3 Å². The van der Waals surface area contributed by atoms with E-state index in [1.54, 1.807) is 24.3 Å². The van der Waals surface area contributed by atoms with Crippen LogP contribution in [-0.2, 0) is 0 Å². The van der Waals surface area contributed by atoms with Gasteiger partial charge in [-0.2, -0.15) is 0 Å². The maximum Gasteiger partial charge on any atom is 0.319 e. The summed E-state index contributed by atoms with van der Waals surface area (Å²) in [6, 6.07) is 8.13. The monoisotopic (exact) mass is 309 g/mol. The van der Waals surface area contributed by atoms with Crippen molar-refractivity contribution in [3.8, 4) is 0 Å². The van der Waals surface area contributed by atoms with E-state index >= 15 is 0 Å². The first kappa shape index (κ1) is 16.1. The SMILES string of the molecule is C[C@H]1CCC[C@H](C)N1CCNC(=O)Nc1ccc(Cl)cc1. The van der Waals surface area contributed by atoms with Gasteiger partial charge in [0.1, 0.15) is 0 Å². The van der Waals surface area contributed by atoms with E-state index in [1.807, 2.05) is 0 Å². The van der Waals surface area contributed by atoms with E-state index in [0.29, 0.717) is 23.7 Å². The average Bonchev–Trinajstić information content (AvgIpc) is 2.45. The van der Waals surface area contributed by atoms with Crippen LogP contribution in [0.25, 0.3) is 0 Å². The van der Waals surface area contributed by atoms with Gasteiger partial charge in [-0.15, -0.1) is 0 Å². The molecule has 1 aromatic rings. The molecule has 2 amide bonds. The van der Waals surface area contributed by atoms with Gasteiger partial charge in [0.25, 0.3) is 0 Å². The summed E-state index contributed by atoms with van der Waals surface area (Å²) in [4.78, 5) is 14.3. The highest BCUT2D eigenvalue weighted by Gasteiger charge is 2.23. The van der Waals surface area contributed by atoms with E-state index in [4.69, 9.17) is 11.6 Å². The number of carbonyl (C=O) groups excluding carboxylic acids is 1. The van der Waals surface area contributed by atoms with Crippen molar-refractivity contribution in [3.05, 3.63) is 29.3 Å². The van der Waals surface area contributed by atoms with Gasteiger partial charge in [-0.25, -0.2) is 4.79 Å². The predicted molar refractivity (Wildman–Crippen MR) is 88.0 cm³/mol. The largest absolute Gasteiger partial charge is 0.337 e. The number of nitrogens with one attached hydrogen (secondary N) is 2. The zero-order valence-corrected chi connectivity index (χ0v) is 13.5. The Kier molecular flexibility index (Phi) is 5.88. The van der Waals surface area contributed by atoms with Crippen molar-refractivity contribution >= 4 is 23.3 Å². The van der Waals surface area contributed by atoms with Gasteiger partial charge in [-0.3, -0.25) is 4.90 Å². The van der Waals surface area contributed by atoms with Crippen molar-refractivity contribution < 1.29 is 4.79 Å². The minimum atomic E-state index is -0.172. The number of benzene rings is 1. The highest BCUT2D eigenvalue weighted by Crippen LogP contribution is 2.21. The number of anilines is 1. The Morgan fingerprint density at radius 2 is 1.86 bits per heavy atom. The van der Waals surface area contributed by atoms with Crippen molar-refractivity contribution in [2.24, 2.45) is 0 Å². The minimum absolute atomic E-state index is 0.172. The van der Waals surface area contributed by atoms with Crippen LogP contribution in [0.2, 0.25) is 5.02 Å². The minimum Gasteiger partial charge on any atom is -0.337 e. The third kappa shape index (κ3) is 4.90. The van der Waals surface area contributed by atoms with Crippen LogP contribution in [0, 0.1) is 0 Å². The third-order valence-electron chi connectivity index (χ3n) is 4.13. The number of carbonyl (C=O) groups is 1. The van der Waals surface area contributed by atoms with Crippen LogP contribution in [0.4, 0.5) is 10.5 Å². The molecule has 1 saturated heterocycles. The van der Waals surface area contributed by atoms with Gasteiger partial charge in [0.2, 0.25) is 0 Å². The van der Waals surface area contributed by atoms with Crippen LogP contribution in [0.5, 0.6) is 0 Å². The smallest absolute Gasteiger partial charge is 0.319 e. The number of hydrogen-bond acceptors (Lipinski definition) is 2. The molecule has 5 heteroatoms. The fourth-order valence-electron chi connectivity index (χ4n) is 2.92. The van der Waals surface area contributed by atoms with Gasteiger partial charge < -0.3 is 10.6 Å². The van der Waals surface area contributed by atoms with E-state index < -0.39 is 0 Å². The summed E-state index contributed by atoms with van der Waals surface area (Å²) in [7, 11) is 0. The van der Waals surface area contributed by atoms with E-state index in [0.717, 1.165) is 12.2 Å². The zero-order chi connectivity index (χ0) is 15.2. The lowest BCUT2D eigenvalue weighted by Gasteiger charge is -2.39. The first-order valence-electron chi connectivity index (χ1n) is 7.62. The third-order valence-corrected chi connectivity index (χ3v) is 4.39. The second kappa shape index (κ2) is 7.66. The van der Waals surface area contributed by atoms with Crippen LogP contribution in [0.1, 0.15) is 33.1 Å². The highest BCUT2D eigenvalue weighted by atomic mass is 35.5. The van der Waals surface area contributed by atoms with Crippen LogP contribution in [0.3, 0.4) is 0 Å². The second-order valence-electron chi connectivity index (χ2n) is 5.75. The normalized spacial score (nSPS) is 22.8. The Balaban J connectivity index is 1.72. The van der Waals surface area contributed by atoms with Crippen LogP contribution in [0.15, 0.2) is 24.3 Å². The Labute approximate surface area is 131 Å². The molecule has 1 aliphatic rings. The molecule has 0 aromatic heterocycles. The number of likely N-dealkylation sites (tertiary alicyclic amines) is 1. The molecule has 4 nitrogen and oxygen atoms in total. The van der Waals surface area contributed by atoms with Crippen LogP contribution in [-0.4, -0.2) is 36.1 Å². The average molecular weight is 310 g/mol. The molecule has 2 N–H and O–H groups in total. The molecule has 116 valence electrons. The molecule has 2 rings (SSSR count). The second-order valence-corrected chi connectivity index (χ2v) is 6.19. The number of amides is 2. The van der Waals surface area contributed by atoms with E-state index in [2.05, 4.69) is 29.4 Å². The first-order chi connectivity index (χ1) is 10.1. The van der Waals surface area contributed by atoms with Gasteiger partial charge >= 0.3 is 6.03 Å². The molecule has 0 bridgehead atoms. The molecule has 2 atom stereocenters. The van der Waals surface area contributed by atoms with Gasteiger partial charge in [0.15, 0.2) is 0 Å². The van der Waals surface area contributed by atoms with Crippen molar-refractivity contribution in [2.45, 2.75) is 45.2 Å². The number of piperidine rings is 1. The molecular formula is C16H24ClN3O. The maximum absolute atomic E-state index is 11.8. The molecule has 1 aliphatic heterocycles. The Bertz CT molecular complexity index is 453. The summed E-state index contributed by atoms with van der Waals surface area (Å²) in [6.45, 7) is 6.09. The fourth-order valence-corrected chi connectivity index (χ4v) is 3.05. The van der Waals surface area contributed by atoms with Gasteiger partial charge in [-0.05, 0) is 51.0 Å². The molecule has 0 saturated carbocycles. The number of nitrogens with zero attached hydrogens (tertiary/aromatic N) is 1. The van der Waals surface area contributed by atoms with Crippen molar-refractivity contribution in [3.63, 3.8) is 0 Å². The lowest BCUT2D eigenvalue weighted by Crippen LogP contribution is -2.47. The molecule has 0 radical (unpaired) electrons. The van der Waals surface area contributed by atoms with Crippen molar-refractivity contribution in [1.82, 2.24) is 10.2 Å². The fraction of sp³-hybridized carbons (Fsp3) is 0.562. The van der Waals surface area contributed by atoms with Gasteiger partial charge in [0, 0.05) is 35.9 Å². The van der Waals surface area contributed by atoms with Crippen LogP contribution < -0.4 is 10.6 Å². The summed E-state index contributed by atoms with van der Waals surface area (Å²) in [5.74, 6) is 0. The van der Waals surface area contributed by atoms with Gasteiger partial charge in [0.05, 0.1) is 0 Å². The van der Waals surface area contributed by atoms with Crippen LogP contribution >= 0.6 is 11.6 Å². The molecular weight excluding hydrogens is 286 g/mol. The lowest BCUT2D eigenvalue weighted by molar-refractivity contribution is 0.105. The van der Waals surface area contributed by atoms with E-state index in [9.17, 15) is 4.79 Å². The number of rotatable bonds is 4. The summed E-state index contributed by atoms with van der Waals surface area (Å²) < 4.78 is 0. The molecule has 1 fully saturated rings. The Hall–Kier alpha value is -1.26. The summed E-state index contributed by atoms with van der Waals surface area (Å²) >= 11 is 5.81. The Morgan fingerprint density at radius 3 is 2.48 bits per heavy atom. The molecule has 0 aliphatic carbocycles. The summed E-state index contributed by atoms with van der Waals surface area (Å²) in [5.41, 5.74) is 0.747. The van der Waals surface area contributed by atoms with Crippen molar-refractivity contribution in [1.29, 1.82) is 0 Å². The maximum atomic E-state index is 11.8. The summed E-state index contributed by atoms with van der Waals surface area (Å²) in [5, 5.41) is 6.37.